The maximum absolute atomic E-state index is 12.9. The summed E-state index contributed by atoms with van der Waals surface area (Å²) in [5, 5.41) is 2.85. The Labute approximate surface area is 72.9 Å². The van der Waals surface area contributed by atoms with Crippen molar-refractivity contribution in [1.29, 1.82) is 5.53 Å². The second kappa shape index (κ2) is 3.84. The standard InChI is InChI=1S/C8H6F2N2O/c9-5-1-2-7(10)6(3-5)8(4-13)12-11/h1-4,8,11H. The normalized spacial score (nSPS) is 12.2. The van der Waals surface area contributed by atoms with Crippen molar-refractivity contribution in [2.75, 3.05) is 0 Å². The molecule has 5 heteroatoms. The number of hydrogen-bond donors (Lipinski definition) is 1. The third kappa shape index (κ3) is 1.93. The smallest absolute Gasteiger partial charge is 0.154 e. The molecule has 1 unspecified atom stereocenters. The van der Waals surface area contributed by atoms with Gasteiger partial charge in [-0.05, 0) is 18.2 Å². The highest BCUT2D eigenvalue weighted by Gasteiger charge is 2.14. The molecular formula is C8H6F2N2O. The minimum absolute atomic E-state index is 0.218. The van der Waals surface area contributed by atoms with Crippen LogP contribution < -0.4 is 0 Å². The first kappa shape index (κ1) is 9.44. The maximum atomic E-state index is 12.9. The Morgan fingerprint density at radius 1 is 1.46 bits per heavy atom. The van der Waals surface area contributed by atoms with Gasteiger partial charge < -0.3 is 4.79 Å². The topological polar surface area (TPSA) is 53.3 Å². The summed E-state index contributed by atoms with van der Waals surface area (Å²) in [5.74, 6) is -1.40. The van der Waals surface area contributed by atoms with E-state index in [1.54, 1.807) is 0 Å². The molecule has 1 aromatic rings. The maximum Gasteiger partial charge on any atom is 0.154 e. The zero-order valence-corrected chi connectivity index (χ0v) is 6.50. The summed E-state index contributed by atoms with van der Waals surface area (Å²) < 4.78 is 25.5. The van der Waals surface area contributed by atoms with E-state index in [-0.39, 0.29) is 11.8 Å². The quantitative estimate of drug-likeness (QED) is 0.568. The van der Waals surface area contributed by atoms with Crippen molar-refractivity contribution in [3.8, 4) is 0 Å². The van der Waals surface area contributed by atoms with Gasteiger partial charge in [-0.3, -0.25) is 0 Å². The number of nitrogens with zero attached hydrogens (tertiary/aromatic N) is 1. The number of halogens is 2. The molecule has 13 heavy (non-hydrogen) atoms. The third-order valence-electron chi connectivity index (χ3n) is 1.54. The zero-order valence-electron chi connectivity index (χ0n) is 6.50. The zero-order chi connectivity index (χ0) is 9.84. The number of carbonyl (C=O) groups excluding carboxylic acids is 1. The highest BCUT2D eigenvalue weighted by molar-refractivity contribution is 5.61. The fourth-order valence-electron chi connectivity index (χ4n) is 0.915. The molecule has 0 spiro atoms. The van der Waals surface area contributed by atoms with Gasteiger partial charge in [-0.1, -0.05) is 0 Å². The molecule has 0 aliphatic heterocycles. The van der Waals surface area contributed by atoms with Crippen LogP contribution in [-0.4, -0.2) is 6.29 Å². The average molecular weight is 184 g/mol. The van der Waals surface area contributed by atoms with Gasteiger partial charge in [0.05, 0.1) is 0 Å². The van der Waals surface area contributed by atoms with E-state index in [9.17, 15) is 13.6 Å². The van der Waals surface area contributed by atoms with Crippen molar-refractivity contribution in [3.05, 3.63) is 35.4 Å². The van der Waals surface area contributed by atoms with Crippen LogP contribution in [0.4, 0.5) is 8.78 Å². The average Bonchev–Trinajstić information content (AvgIpc) is 2.13. The van der Waals surface area contributed by atoms with Crippen molar-refractivity contribution < 1.29 is 13.6 Å². The number of aldehydes is 1. The molecule has 3 nitrogen and oxygen atoms in total. The van der Waals surface area contributed by atoms with Gasteiger partial charge in [-0.15, -0.1) is 0 Å². The van der Waals surface area contributed by atoms with Crippen LogP contribution in [-0.2, 0) is 4.79 Å². The molecule has 1 rings (SSSR count). The Balaban J connectivity index is 3.17. The fourth-order valence-corrected chi connectivity index (χ4v) is 0.915. The van der Waals surface area contributed by atoms with E-state index in [1.807, 2.05) is 0 Å². The first-order valence-electron chi connectivity index (χ1n) is 3.46. The van der Waals surface area contributed by atoms with Crippen LogP contribution in [0.15, 0.2) is 23.3 Å². The monoisotopic (exact) mass is 184 g/mol. The van der Waals surface area contributed by atoms with Gasteiger partial charge in [-0.25, -0.2) is 14.3 Å². The van der Waals surface area contributed by atoms with Crippen LogP contribution in [0, 0.1) is 17.2 Å². The number of benzene rings is 1. The molecule has 1 atom stereocenters. The molecule has 0 aliphatic rings. The van der Waals surface area contributed by atoms with Gasteiger partial charge in [0, 0.05) is 5.56 Å². The van der Waals surface area contributed by atoms with Crippen molar-refractivity contribution in [1.82, 2.24) is 0 Å². The van der Waals surface area contributed by atoms with Crippen molar-refractivity contribution in [2.45, 2.75) is 6.04 Å². The lowest BCUT2D eigenvalue weighted by molar-refractivity contribution is -0.109. The van der Waals surface area contributed by atoms with E-state index < -0.39 is 17.7 Å². The number of carbonyl (C=O) groups is 1. The van der Waals surface area contributed by atoms with E-state index >= 15 is 0 Å². The summed E-state index contributed by atoms with van der Waals surface area (Å²) >= 11 is 0. The molecule has 1 N–H and O–H groups in total. The van der Waals surface area contributed by atoms with E-state index in [0.29, 0.717) is 0 Å². The predicted molar refractivity (Wildman–Crippen MR) is 40.3 cm³/mol. The highest BCUT2D eigenvalue weighted by atomic mass is 19.1. The number of hydrogen-bond acceptors (Lipinski definition) is 3. The molecule has 68 valence electrons. The highest BCUT2D eigenvalue weighted by Crippen LogP contribution is 2.19. The van der Waals surface area contributed by atoms with Gasteiger partial charge in [0.25, 0.3) is 0 Å². The van der Waals surface area contributed by atoms with Gasteiger partial charge in [0.2, 0.25) is 0 Å². The Kier molecular flexibility index (Phi) is 2.79. The Morgan fingerprint density at radius 3 is 2.69 bits per heavy atom. The van der Waals surface area contributed by atoms with Crippen LogP contribution in [0.25, 0.3) is 0 Å². The van der Waals surface area contributed by atoms with E-state index in [1.165, 1.54) is 0 Å². The summed E-state index contributed by atoms with van der Waals surface area (Å²) in [6, 6.07) is 1.43. The van der Waals surface area contributed by atoms with Gasteiger partial charge in [0.15, 0.2) is 12.3 Å². The minimum Gasteiger partial charge on any atom is -0.301 e. The van der Waals surface area contributed by atoms with Crippen LogP contribution in [0.1, 0.15) is 11.6 Å². The van der Waals surface area contributed by atoms with Crippen molar-refractivity contribution in [2.24, 2.45) is 5.11 Å². The lowest BCUT2D eigenvalue weighted by atomic mass is 10.1. The van der Waals surface area contributed by atoms with Crippen LogP contribution in [0.5, 0.6) is 0 Å². The largest absolute Gasteiger partial charge is 0.301 e. The molecule has 0 radical (unpaired) electrons. The minimum atomic E-state index is -1.25. The first-order chi connectivity index (χ1) is 6.19. The Morgan fingerprint density at radius 2 is 2.15 bits per heavy atom. The molecule has 0 heterocycles. The van der Waals surface area contributed by atoms with E-state index in [4.69, 9.17) is 5.53 Å². The lowest BCUT2D eigenvalue weighted by Crippen LogP contribution is -2.00. The summed E-state index contributed by atoms with van der Waals surface area (Å²) in [7, 11) is 0. The van der Waals surface area contributed by atoms with E-state index in [2.05, 4.69) is 5.11 Å². The van der Waals surface area contributed by atoms with Gasteiger partial charge in [0.1, 0.15) is 11.6 Å². The predicted octanol–water partition coefficient (Wildman–Crippen LogP) is 2.24. The molecule has 0 bridgehead atoms. The van der Waals surface area contributed by atoms with Crippen LogP contribution in [0.3, 0.4) is 0 Å². The number of rotatable bonds is 3. The van der Waals surface area contributed by atoms with Crippen LogP contribution in [0.2, 0.25) is 0 Å². The van der Waals surface area contributed by atoms with Crippen molar-refractivity contribution in [3.63, 3.8) is 0 Å². The fraction of sp³-hybridized carbons (Fsp3) is 0.125. The first-order valence-corrected chi connectivity index (χ1v) is 3.46. The second-order valence-corrected chi connectivity index (χ2v) is 2.38. The van der Waals surface area contributed by atoms with Crippen molar-refractivity contribution >= 4 is 6.29 Å². The molecule has 0 fully saturated rings. The summed E-state index contributed by atoms with van der Waals surface area (Å²) in [4.78, 5) is 10.3. The summed E-state index contributed by atoms with van der Waals surface area (Å²) in [5.41, 5.74) is 6.35. The molecule has 0 saturated carbocycles. The summed E-state index contributed by atoms with van der Waals surface area (Å²) in [6.07, 6.45) is 0.283. The molecule has 0 aromatic heterocycles. The second-order valence-electron chi connectivity index (χ2n) is 2.38. The third-order valence-corrected chi connectivity index (χ3v) is 1.54. The Bertz CT molecular complexity index is 333. The van der Waals surface area contributed by atoms with Gasteiger partial charge in [-0.2, -0.15) is 5.11 Å². The van der Waals surface area contributed by atoms with E-state index in [0.717, 1.165) is 18.2 Å². The van der Waals surface area contributed by atoms with Crippen LogP contribution >= 0.6 is 0 Å². The molecule has 0 saturated heterocycles. The van der Waals surface area contributed by atoms with Gasteiger partial charge >= 0.3 is 0 Å². The molecule has 0 aliphatic carbocycles. The number of nitrogens with one attached hydrogen (secondary N) is 1. The molecule has 1 aromatic carbocycles. The summed E-state index contributed by atoms with van der Waals surface area (Å²) in [6.45, 7) is 0. The molecular weight excluding hydrogens is 178 g/mol. The molecule has 0 amide bonds. The SMILES string of the molecule is N=NC(C=O)c1cc(F)ccc1F. The Hall–Kier alpha value is -1.65. The lowest BCUT2D eigenvalue weighted by Gasteiger charge is -2.04.